The first-order chi connectivity index (χ1) is 19.5. The molecule has 0 radical (unpaired) electrons. The van der Waals surface area contributed by atoms with Gasteiger partial charge in [-0.15, -0.1) is 0 Å². The zero-order valence-corrected chi connectivity index (χ0v) is 22.9. The van der Waals surface area contributed by atoms with E-state index in [-0.39, 0.29) is 11.8 Å². The Labute approximate surface area is 232 Å². The van der Waals surface area contributed by atoms with Crippen LogP contribution in [0.5, 0.6) is 17.2 Å². The Kier molecular flexibility index (Phi) is 6.57. The predicted octanol–water partition coefficient (Wildman–Crippen LogP) is 4.92. The van der Waals surface area contributed by atoms with Crippen molar-refractivity contribution < 1.29 is 23.8 Å². The number of nitrogens with zero attached hydrogens (tertiary/aromatic N) is 3. The molecule has 40 heavy (non-hydrogen) atoms. The summed E-state index contributed by atoms with van der Waals surface area (Å²) in [5, 5.41) is 8.50. The Morgan fingerprint density at radius 3 is 2.35 bits per heavy atom. The third kappa shape index (κ3) is 4.22. The van der Waals surface area contributed by atoms with Crippen LogP contribution in [0.4, 0.5) is 5.69 Å². The van der Waals surface area contributed by atoms with Crippen molar-refractivity contribution in [3.05, 3.63) is 66.5 Å². The van der Waals surface area contributed by atoms with Crippen LogP contribution >= 0.6 is 0 Å². The number of benzene rings is 3. The van der Waals surface area contributed by atoms with E-state index >= 15 is 0 Å². The molecule has 1 spiro atoms. The Morgan fingerprint density at radius 2 is 1.65 bits per heavy atom. The van der Waals surface area contributed by atoms with Gasteiger partial charge in [-0.1, -0.05) is 0 Å². The first-order valence-electron chi connectivity index (χ1n) is 13.4. The number of ether oxygens (including phenoxy) is 3. The highest BCUT2D eigenvalue weighted by atomic mass is 16.5. The van der Waals surface area contributed by atoms with Gasteiger partial charge in [0, 0.05) is 65.0 Å². The number of methoxy groups -OCH3 is 3. The number of nitrogens with one attached hydrogen (secondary N) is 1. The van der Waals surface area contributed by atoms with Crippen LogP contribution in [0.15, 0.2) is 60.9 Å². The van der Waals surface area contributed by atoms with E-state index in [1.165, 1.54) is 0 Å². The maximum absolute atomic E-state index is 13.8. The molecule has 0 bridgehead atoms. The van der Waals surface area contributed by atoms with Crippen LogP contribution in [0.1, 0.15) is 29.6 Å². The number of aromatic amines is 1. The molecule has 2 saturated heterocycles. The first-order valence-corrected chi connectivity index (χ1v) is 13.4. The van der Waals surface area contributed by atoms with Crippen molar-refractivity contribution in [1.29, 1.82) is 0 Å². The molecule has 1 aromatic heterocycles. The molecular formula is C31H32N4O5. The summed E-state index contributed by atoms with van der Waals surface area (Å²) in [5.74, 6) is 2.16. The summed E-state index contributed by atoms with van der Waals surface area (Å²) in [6.45, 7) is 1.70. The minimum atomic E-state index is -0.460. The lowest BCUT2D eigenvalue weighted by Gasteiger charge is -2.38. The van der Waals surface area contributed by atoms with Crippen LogP contribution in [0, 0.1) is 5.41 Å². The number of aromatic nitrogens is 2. The van der Waals surface area contributed by atoms with Crippen molar-refractivity contribution in [3.8, 4) is 28.4 Å². The highest BCUT2D eigenvalue weighted by Gasteiger charge is 2.49. The van der Waals surface area contributed by atoms with Crippen molar-refractivity contribution in [2.45, 2.75) is 19.3 Å². The quantitative estimate of drug-likeness (QED) is 0.373. The monoisotopic (exact) mass is 540 g/mol. The highest BCUT2D eigenvalue weighted by Crippen LogP contribution is 2.45. The number of carbonyl (C=O) groups is 2. The van der Waals surface area contributed by atoms with E-state index in [0.717, 1.165) is 34.0 Å². The van der Waals surface area contributed by atoms with E-state index in [9.17, 15) is 9.59 Å². The highest BCUT2D eigenvalue weighted by molar-refractivity contribution is 6.09. The summed E-state index contributed by atoms with van der Waals surface area (Å²) in [5.41, 5.74) is 2.81. The van der Waals surface area contributed by atoms with E-state index in [0.29, 0.717) is 55.3 Å². The van der Waals surface area contributed by atoms with Gasteiger partial charge in [-0.3, -0.25) is 14.7 Å². The smallest absolute Gasteiger partial charge is 0.254 e. The molecule has 9 nitrogen and oxygen atoms in total. The summed E-state index contributed by atoms with van der Waals surface area (Å²) < 4.78 is 16.6. The molecule has 4 aromatic rings. The average Bonchev–Trinajstić information content (AvgIpc) is 3.65. The maximum atomic E-state index is 13.8. The molecular weight excluding hydrogens is 508 g/mol. The largest absolute Gasteiger partial charge is 0.497 e. The van der Waals surface area contributed by atoms with Gasteiger partial charge in [0.1, 0.15) is 17.2 Å². The zero-order valence-electron chi connectivity index (χ0n) is 22.9. The molecule has 0 saturated carbocycles. The van der Waals surface area contributed by atoms with Gasteiger partial charge in [-0.05, 0) is 61.7 Å². The van der Waals surface area contributed by atoms with Crippen molar-refractivity contribution >= 4 is 28.3 Å². The molecule has 6 rings (SSSR count). The van der Waals surface area contributed by atoms with Gasteiger partial charge in [0.25, 0.3) is 5.91 Å². The summed E-state index contributed by atoms with van der Waals surface area (Å²) in [6, 6.07) is 15.1. The van der Waals surface area contributed by atoms with Gasteiger partial charge in [0.15, 0.2) is 0 Å². The SMILES string of the molecule is COc1ccc2c(OC)ccc(C(=O)N3CCC4(CC3)CCN(c3ccc(-c5cn[nH]c5)c(OC)c3)C4=O)c2c1. The number of anilines is 1. The van der Waals surface area contributed by atoms with Gasteiger partial charge in [0.2, 0.25) is 5.91 Å². The molecule has 2 aliphatic heterocycles. The van der Waals surface area contributed by atoms with Crippen LogP contribution < -0.4 is 19.1 Å². The number of amides is 2. The summed E-state index contributed by atoms with van der Waals surface area (Å²) in [6.07, 6.45) is 5.59. The van der Waals surface area contributed by atoms with E-state index in [1.807, 2.05) is 64.5 Å². The van der Waals surface area contributed by atoms with Gasteiger partial charge in [-0.25, -0.2) is 0 Å². The lowest BCUT2D eigenvalue weighted by atomic mass is 9.77. The van der Waals surface area contributed by atoms with Crippen LogP contribution in [-0.2, 0) is 4.79 Å². The van der Waals surface area contributed by atoms with Gasteiger partial charge >= 0.3 is 0 Å². The Balaban J connectivity index is 1.20. The topological polar surface area (TPSA) is 97.0 Å². The van der Waals surface area contributed by atoms with Gasteiger partial charge in [0.05, 0.1) is 32.9 Å². The molecule has 2 fully saturated rings. The number of hydrogen-bond donors (Lipinski definition) is 1. The van der Waals surface area contributed by atoms with Crippen molar-refractivity contribution in [1.82, 2.24) is 15.1 Å². The molecule has 0 atom stereocenters. The second-order valence-corrected chi connectivity index (χ2v) is 10.4. The van der Waals surface area contributed by atoms with Crippen molar-refractivity contribution in [2.24, 2.45) is 5.41 Å². The Hall–Kier alpha value is -4.53. The summed E-state index contributed by atoms with van der Waals surface area (Å²) in [7, 11) is 4.86. The lowest BCUT2D eigenvalue weighted by Crippen LogP contribution is -2.46. The molecule has 2 aliphatic rings. The number of carbonyl (C=O) groups excluding carboxylic acids is 2. The number of fused-ring (bicyclic) bond motifs is 1. The lowest BCUT2D eigenvalue weighted by molar-refractivity contribution is -0.127. The van der Waals surface area contributed by atoms with E-state index < -0.39 is 5.41 Å². The van der Waals surface area contributed by atoms with Gasteiger partial charge < -0.3 is 24.0 Å². The number of likely N-dealkylation sites (tertiary alicyclic amines) is 1. The fourth-order valence-electron chi connectivity index (χ4n) is 6.11. The molecule has 2 amide bonds. The molecule has 3 aromatic carbocycles. The standard InChI is InChI=1S/C31H32N4O5/c1-38-22-5-7-24-26(17-22)25(8-9-27(24)39-2)29(36)34-13-10-31(11-14-34)12-15-35(30(31)37)21-4-6-23(28(16-21)40-3)20-18-32-33-19-20/h4-9,16-19H,10-15H2,1-3H3,(H,32,33). The van der Waals surface area contributed by atoms with Gasteiger partial charge in [-0.2, -0.15) is 5.10 Å². The third-order valence-corrected chi connectivity index (χ3v) is 8.46. The van der Waals surface area contributed by atoms with E-state index in [2.05, 4.69) is 10.2 Å². The minimum Gasteiger partial charge on any atom is -0.497 e. The molecule has 3 heterocycles. The fourth-order valence-corrected chi connectivity index (χ4v) is 6.11. The maximum Gasteiger partial charge on any atom is 0.254 e. The molecule has 206 valence electrons. The molecule has 0 unspecified atom stereocenters. The van der Waals surface area contributed by atoms with Crippen molar-refractivity contribution in [2.75, 3.05) is 45.9 Å². The van der Waals surface area contributed by atoms with Crippen LogP contribution in [0.3, 0.4) is 0 Å². The van der Waals surface area contributed by atoms with E-state index in [4.69, 9.17) is 14.2 Å². The normalized spacial score (nSPS) is 16.5. The predicted molar refractivity (Wildman–Crippen MR) is 152 cm³/mol. The number of H-pyrrole nitrogens is 1. The molecule has 1 N–H and O–H groups in total. The number of rotatable bonds is 6. The van der Waals surface area contributed by atoms with Crippen LogP contribution in [0.2, 0.25) is 0 Å². The summed E-state index contributed by atoms with van der Waals surface area (Å²) >= 11 is 0. The number of hydrogen-bond acceptors (Lipinski definition) is 6. The van der Waals surface area contributed by atoms with Crippen molar-refractivity contribution in [3.63, 3.8) is 0 Å². The van der Waals surface area contributed by atoms with Crippen LogP contribution in [0.25, 0.3) is 21.9 Å². The summed E-state index contributed by atoms with van der Waals surface area (Å²) in [4.78, 5) is 31.2. The molecule has 0 aliphatic carbocycles. The Bertz CT molecular complexity index is 1570. The fraction of sp³-hybridized carbons (Fsp3) is 0.323. The average molecular weight is 541 g/mol. The third-order valence-electron chi connectivity index (χ3n) is 8.46. The first kappa shape index (κ1) is 25.7. The molecule has 9 heteroatoms. The minimum absolute atomic E-state index is 0.0439. The second-order valence-electron chi connectivity index (χ2n) is 10.4. The Morgan fingerprint density at radius 1 is 0.875 bits per heavy atom. The van der Waals surface area contributed by atoms with Crippen LogP contribution in [-0.4, -0.2) is 67.9 Å². The second kappa shape index (κ2) is 10.2. The number of piperidine rings is 1. The zero-order chi connectivity index (χ0) is 27.9. The van der Waals surface area contributed by atoms with E-state index in [1.54, 1.807) is 27.5 Å².